The summed E-state index contributed by atoms with van der Waals surface area (Å²) in [5.41, 5.74) is 1.17. The average molecular weight is 260 g/mol. The fraction of sp³-hybridized carbons (Fsp3) is 0.308. The summed E-state index contributed by atoms with van der Waals surface area (Å²) in [4.78, 5) is 27.2. The second kappa shape index (κ2) is 5.62. The first-order valence-electron chi connectivity index (χ1n) is 5.95. The molecular formula is C13H16N4O2. The van der Waals surface area contributed by atoms with Gasteiger partial charge >= 0.3 is 5.69 Å². The maximum absolute atomic E-state index is 11.7. The summed E-state index contributed by atoms with van der Waals surface area (Å²) in [5.74, 6) is 0. The highest BCUT2D eigenvalue weighted by atomic mass is 16.2. The molecule has 0 aliphatic heterocycles. The van der Waals surface area contributed by atoms with Crippen LogP contribution in [0.15, 0.2) is 40.2 Å². The summed E-state index contributed by atoms with van der Waals surface area (Å²) in [6, 6.07) is 5.30. The summed E-state index contributed by atoms with van der Waals surface area (Å²) in [6.45, 7) is 1.12. The van der Waals surface area contributed by atoms with Crippen molar-refractivity contribution in [2.75, 3.05) is 0 Å². The second-order valence-electron chi connectivity index (χ2n) is 4.33. The molecule has 6 heteroatoms. The van der Waals surface area contributed by atoms with E-state index in [1.807, 2.05) is 12.1 Å². The van der Waals surface area contributed by atoms with Crippen molar-refractivity contribution in [1.82, 2.24) is 19.4 Å². The molecular weight excluding hydrogens is 244 g/mol. The second-order valence-corrected chi connectivity index (χ2v) is 4.33. The monoisotopic (exact) mass is 260 g/mol. The Bertz CT molecular complexity index is 673. The minimum absolute atomic E-state index is 0.288. The lowest BCUT2D eigenvalue weighted by Crippen LogP contribution is -2.38. The molecule has 0 aliphatic carbocycles. The normalized spacial score (nSPS) is 10.6. The number of rotatable bonds is 4. The van der Waals surface area contributed by atoms with E-state index >= 15 is 0 Å². The molecule has 0 bridgehead atoms. The zero-order chi connectivity index (χ0) is 13.8. The third-order valence-corrected chi connectivity index (χ3v) is 3.01. The van der Waals surface area contributed by atoms with Crippen molar-refractivity contribution < 1.29 is 0 Å². The zero-order valence-corrected chi connectivity index (χ0v) is 11.0. The van der Waals surface area contributed by atoms with Crippen molar-refractivity contribution in [2.24, 2.45) is 14.1 Å². The molecule has 0 aromatic carbocycles. The summed E-state index contributed by atoms with van der Waals surface area (Å²) in [6.07, 6.45) is 3.45. The molecule has 1 N–H and O–H groups in total. The first-order valence-corrected chi connectivity index (χ1v) is 5.95. The lowest BCUT2D eigenvalue weighted by molar-refractivity contribution is 0.600. The Morgan fingerprint density at radius 1 is 1.11 bits per heavy atom. The highest BCUT2D eigenvalue weighted by molar-refractivity contribution is 5.09. The smallest absolute Gasteiger partial charge is 0.307 e. The summed E-state index contributed by atoms with van der Waals surface area (Å²) >= 11 is 0. The molecule has 0 atom stereocenters. The van der Waals surface area contributed by atoms with E-state index in [0.29, 0.717) is 18.8 Å². The molecule has 0 saturated heterocycles. The lowest BCUT2D eigenvalue weighted by atomic mass is 10.2. The van der Waals surface area contributed by atoms with Crippen LogP contribution in [0.2, 0.25) is 0 Å². The predicted molar refractivity (Wildman–Crippen MR) is 71.7 cm³/mol. The topological polar surface area (TPSA) is 68.9 Å². The molecule has 100 valence electrons. The van der Waals surface area contributed by atoms with Gasteiger partial charge in [0, 0.05) is 51.3 Å². The van der Waals surface area contributed by atoms with Gasteiger partial charge in [-0.25, -0.2) is 4.79 Å². The maximum atomic E-state index is 11.7. The lowest BCUT2D eigenvalue weighted by Gasteiger charge is -2.10. The Morgan fingerprint density at radius 3 is 2.47 bits per heavy atom. The zero-order valence-electron chi connectivity index (χ0n) is 11.0. The van der Waals surface area contributed by atoms with Crippen molar-refractivity contribution in [2.45, 2.75) is 13.1 Å². The minimum Gasteiger partial charge on any atom is -0.307 e. The number of pyridine rings is 1. The highest BCUT2D eigenvalue weighted by Crippen LogP contribution is 1.96. The SMILES string of the molecule is Cn1c(CNCc2ccncc2)cc(=O)n(C)c1=O. The number of hydrogen-bond acceptors (Lipinski definition) is 4. The van der Waals surface area contributed by atoms with Crippen LogP contribution in [-0.4, -0.2) is 14.1 Å². The number of hydrogen-bond donors (Lipinski definition) is 1. The van der Waals surface area contributed by atoms with Gasteiger partial charge in [0.15, 0.2) is 0 Å². The van der Waals surface area contributed by atoms with E-state index in [2.05, 4.69) is 10.3 Å². The minimum atomic E-state index is -0.312. The van der Waals surface area contributed by atoms with E-state index in [4.69, 9.17) is 0 Å². The quantitative estimate of drug-likeness (QED) is 0.824. The van der Waals surface area contributed by atoms with Gasteiger partial charge in [-0.05, 0) is 17.7 Å². The van der Waals surface area contributed by atoms with E-state index in [1.165, 1.54) is 17.7 Å². The molecule has 2 aromatic heterocycles. The van der Waals surface area contributed by atoms with Gasteiger partial charge in [-0.1, -0.05) is 0 Å². The Kier molecular flexibility index (Phi) is 3.91. The molecule has 0 amide bonds. The molecule has 2 heterocycles. The third kappa shape index (κ3) is 2.97. The number of nitrogens with zero attached hydrogens (tertiary/aromatic N) is 3. The molecule has 0 unspecified atom stereocenters. The van der Waals surface area contributed by atoms with Gasteiger partial charge in [0.25, 0.3) is 5.56 Å². The molecule has 0 fully saturated rings. The first kappa shape index (κ1) is 13.2. The van der Waals surface area contributed by atoms with Crippen LogP contribution >= 0.6 is 0 Å². The van der Waals surface area contributed by atoms with Crippen LogP contribution in [0, 0.1) is 0 Å². The molecule has 0 spiro atoms. The number of nitrogens with one attached hydrogen (secondary N) is 1. The molecule has 2 aromatic rings. The number of aromatic nitrogens is 3. The van der Waals surface area contributed by atoms with Crippen LogP contribution in [-0.2, 0) is 27.2 Å². The van der Waals surface area contributed by atoms with Crippen LogP contribution in [0.25, 0.3) is 0 Å². The Balaban J connectivity index is 2.09. The highest BCUT2D eigenvalue weighted by Gasteiger charge is 2.05. The van der Waals surface area contributed by atoms with Crippen LogP contribution < -0.4 is 16.6 Å². The molecule has 0 aliphatic rings. The van der Waals surface area contributed by atoms with Gasteiger partial charge in [0.2, 0.25) is 0 Å². The van der Waals surface area contributed by atoms with Crippen molar-refractivity contribution >= 4 is 0 Å². The molecule has 19 heavy (non-hydrogen) atoms. The largest absolute Gasteiger partial charge is 0.330 e. The van der Waals surface area contributed by atoms with Gasteiger partial charge in [-0.3, -0.25) is 18.9 Å². The fourth-order valence-corrected chi connectivity index (χ4v) is 1.78. The fourth-order valence-electron chi connectivity index (χ4n) is 1.78. The van der Waals surface area contributed by atoms with Gasteiger partial charge in [0.1, 0.15) is 0 Å². The summed E-state index contributed by atoms with van der Waals surface area (Å²) in [5, 5.41) is 3.20. The average Bonchev–Trinajstić information content (AvgIpc) is 2.43. The van der Waals surface area contributed by atoms with Crippen molar-refractivity contribution in [3.63, 3.8) is 0 Å². The van der Waals surface area contributed by atoms with Gasteiger partial charge in [-0.15, -0.1) is 0 Å². The van der Waals surface area contributed by atoms with Crippen LogP contribution in [0.4, 0.5) is 0 Å². The molecule has 0 radical (unpaired) electrons. The summed E-state index contributed by atoms with van der Waals surface area (Å²) < 4.78 is 2.56. The van der Waals surface area contributed by atoms with Crippen molar-refractivity contribution in [3.05, 3.63) is 62.7 Å². The van der Waals surface area contributed by atoms with Crippen LogP contribution in [0.3, 0.4) is 0 Å². The van der Waals surface area contributed by atoms with Gasteiger partial charge in [-0.2, -0.15) is 0 Å². The molecule has 2 rings (SSSR count). The van der Waals surface area contributed by atoms with E-state index < -0.39 is 0 Å². The van der Waals surface area contributed by atoms with E-state index in [0.717, 1.165) is 10.1 Å². The Morgan fingerprint density at radius 2 is 1.79 bits per heavy atom. The third-order valence-electron chi connectivity index (χ3n) is 3.01. The van der Waals surface area contributed by atoms with Crippen LogP contribution in [0.5, 0.6) is 0 Å². The Hall–Kier alpha value is -2.21. The first-order chi connectivity index (χ1) is 9.09. The van der Waals surface area contributed by atoms with Crippen molar-refractivity contribution in [3.8, 4) is 0 Å². The van der Waals surface area contributed by atoms with Crippen LogP contribution in [0.1, 0.15) is 11.3 Å². The molecule has 0 saturated carbocycles. The summed E-state index contributed by atoms with van der Waals surface area (Å²) in [7, 11) is 3.13. The van der Waals surface area contributed by atoms with Gasteiger partial charge < -0.3 is 5.32 Å². The van der Waals surface area contributed by atoms with E-state index in [1.54, 1.807) is 19.4 Å². The maximum Gasteiger partial charge on any atom is 0.330 e. The van der Waals surface area contributed by atoms with Crippen molar-refractivity contribution in [1.29, 1.82) is 0 Å². The van der Waals surface area contributed by atoms with E-state index in [9.17, 15) is 9.59 Å². The standard InChI is InChI=1S/C13H16N4O2/c1-16-11(7-12(18)17(2)13(16)19)9-15-8-10-3-5-14-6-4-10/h3-7,15H,8-9H2,1-2H3. The van der Waals surface area contributed by atoms with E-state index in [-0.39, 0.29) is 11.2 Å². The molecule has 6 nitrogen and oxygen atoms in total. The van der Waals surface area contributed by atoms with Gasteiger partial charge in [0.05, 0.1) is 0 Å². The predicted octanol–water partition coefficient (Wildman–Crippen LogP) is -0.231. The Labute approximate surface area is 110 Å².